The fourth-order valence-corrected chi connectivity index (χ4v) is 1.88. The molecular weight excluding hydrogens is 230 g/mol. The van der Waals surface area contributed by atoms with E-state index in [1.54, 1.807) is 0 Å². The van der Waals surface area contributed by atoms with Crippen molar-refractivity contribution in [2.24, 2.45) is 0 Å². The standard InChI is InChI=1S/C15H17N.ClH/c1-12-8-13(2)10-15(9-12)16-11-14-6-4-3-5-7-14;/h3-10,16H,11H2,1-2H3;1H. The zero-order chi connectivity index (χ0) is 11.4. The predicted octanol–water partition coefficient (Wildman–Crippen LogP) is 4.34. The number of rotatable bonds is 3. The van der Waals surface area contributed by atoms with Gasteiger partial charge in [-0.05, 0) is 42.7 Å². The lowest BCUT2D eigenvalue weighted by Gasteiger charge is -2.08. The third kappa shape index (κ3) is 4.12. The second-order valence-corrected chi connectivity index (χ2v) is 4.22. The summed E-state index contributed by atoms with van der Waals surface area (Å²) in [6.07, 6.45) is 0. The number of benzene rings is 2. The molecule has 0 radical (unpaired) electrons. The van der Waals surface area contributed by atoms with Crippen LogP contribution in [-0.4, -0.2) is 0 Å². The van der Waals surface area contributed by atoms with E-state index in [1.807, 2.05) is 6.07 Å². The van der Waals surface area contributed by atoms with Crippen LogP contribution >= 0.6 is 12.4 Å². The maximum Gasteiger partial charge on any atom is 0.0400 e. The first-order valence-corrected chi connectivity index (χ1v) is 5.60. The third-order valence-electron chi connectivity index (χ3n) is 2.56. The van der Waals surface area contributed by atoms with Crippen molar-refractivity contribution in [2.45, 2.75) is 20.4 Å². The Labute approximate surface area is 109 Å². The molecule has 17 heavy (non-hydrogen) atoms. The average molecular weight is 248 g/mol. The molecule has 0 aliphatic rings. The Morgan fingerprint density at radius 3 is 2.06 bits per heavy atom. The Morgan fingerprint density at radius 1 is 0.882 bits per heavy atom. The van der Waals surface area contributed by atoms with Crippen LogP contribution in [0.2, 0.25) is 0 Å². The number of hydrogen-bond acceptors (Lipinski definition) is 1. The smallest absolute Gasteiger partial charge is 0.0400 e. The molecule has 0 fully saturated rings. The van der Waals surface area contributed by atoms with E-state index in [-0.39, 0.29) is 12.4 Å². The fourth-order valence-electron chi connectivity index (χ4n) is 1.88. The van der Waals surface area contributed by atoms with Gasteiger partial charge in [-0.15, -0.1) is 12.4 Å². The van der Waals surface area contributed by atoms with Crippen molar-refractivity contribution in [3.8, 4) is 0 Å². The molecule has 0 aromatic heterocycles. The highest BCUT2D eigenvalue weighted by Gasteiger charge is 1.95. The van der Waals surface area contributed by atoms with E-state index in [9.17, 15) is 0 Å². The maximum atomic E-state index is 3.44. The van der Waals surface area contributed by atoms with Crippen molar-refractivity contribution < 1.29 is 0 Å². The van der Waals surface area contributed by atoms with Crippen LogP contribution in [0, 0.1) is 13.8 Å². The number of halogens is 1. The molecule has 0 aliphatic heterocycles. The molecule has 0 heterocycles. The van der Waals surface area contributed by atoms with Crippen LogP contribution in [0.15, 0.2) is 48.5 Å². The van der Waals surface area contributed by atoms with Gasteiger partial charge in [-0.3, -0.25) is 0 Å². The minimum Gasteiger partial charge on any atom is -0.381 e. The highest BCUT2D eigenvalue weighted by molar-refractivity contribution is 5.85. The van der Waals surface area contributed by atoms with E-state index in [0.717, 1.165) is 6.54 Å². The summed E-state index contributed by atoms with van der Waals surface area (Å²) in [5, 5.41) is 3.44. The van der Waals surface area contributed by atoms with Crippen LogP contribution < -0.4 is 5.32 Å². The van der Waals surface area contributed by atoms with Crippen LogP contribution in [-0.2, 0) is 6.54 Å². The third-order valence-corrected chi connectivity index (χ3v) is 2.56. The molecule has 90 valence electrons. The molecule has 0 atom stereocenters. The van der Waals surface area contributed by atoms with Crippen molar-refractivity contribution in [3.05, 3.63) is 65.2 Å². The lowest BCUT2D eigenvalue weighted by Crippen LogP contribution is -1.99. The first kappa shape index (κ1) is 13.6. The van der Waals surface area contributed by atoms with E-state index in [1.165, 1.54) is 22.4 Å². The van der Waals surface area contributed by atoms with Crippen molar-refractivity contribution in [3.63, 3.8) is 0 Å². The molecule has 0 amide bonds. The summed E-state index contributed by atoms with van der Waals surface area (Å²) < 4.78 is 0. The van der Waals surface area contributed by atoms with Crippen LogP contribution in [0.3, 0.4) is 0 Å². The summed E-state index contributed by atoms with van der Waals surface area (Å²) in [6, 6.07) is 17.0. The summed E-state index contributed by atoms with van der Waals surface area (Å²) in [5.74, 6) is 0. The molecule has 0 bridgehead atoms. The zero-order valence-electron chi connectivity index (χ0n) is 10.2. The lowest BCUT2D eigenvalue weighted by molar-refractivity contribution is 1.14. The summed E-state index contributed by atoms with van der Waals surface area (Å²) in [7, 11) is 0. The summed E-state index contributed by atoms with van der Waals surface area (Å²) in [4.78, 5) is 0. The van der Waals surface area contributed by atoms with Gasteiger partial charge in [0.1, 0.15) is 0 Å². The maximum absolute atomic E-state index is 3.44. The van der Waals surface area contributed by atoms with Gasteiger partial charge >= 0.3 is 0 Å². The lowest BCUT2D eigenvalue weighted by atomic mass is 10.1. The Morgan fingerprint density at radius 2 is 1.47 bits per heavy atom. The second-order valence-electron chi connectivity index (χ2n) is 4.22. The Hall–Kier alpha value is -1.47. The number of aryl methyl sites for hydroxylation is 2. The van der Waals surface area contributed by atoms with E-state index in [0.29, 0.717) is 0 Å². The minimum atomic E-state index is 0. The van der Waals surface area contributed by atoms with E-state index >= 15 is 0 Å². The van der Waals surface area contributed by atoms with Gasteiger partial charge in [0, 0.05) is 12.2 Å². The molecule has 0 aliphatic carbocycles. The Bertz CT molecular complexity index is 445. The van der Waals surface area contributed by atoms with Gasteiger partial charge in [-0.1, -0.05) is 36.4 Å². The van der Waals surface area contributed by atoms with Gasteiger partial charge < -0.3 is 5.32 Å². The topological polar surface area (TPSA) is 12.0 Å². The predicted molar refractivity (Wildman–Crippen MR) is 76.9 cm³/mol. The molecule has 0 unspecified atom stereocenters. The summed E-state index contributed by atoms with van der Waals surface area (Å²) in [5.41, 5.74) is 5.11. The first-order chi connectivity index (χ1) is 7.74. The molecule has 1 N–H and O–H groups in total. The van der Waals surface area contributed by atoms with E-state index in [4.69, 9.17) is 0 Å². The van der Waals surface area contributed by atoms with Crippen molar-refractivity contribution in [1.29, 1.82) is 0 Å². The fraction of sp³-hybridized carbons (Fsp3) is 0.200. The van der Waals surface area contributed by atoms with Gasteiger partial charge in [-0.25, -0.2) is 0 Å². The minimum absolute atomic E-state index is 0. The highest BCUT2D eigenvalue weighted by atomic mass is 35.5. The summed E-state index contributed by atoms with van der Waals surface area (Å²) >= 11 is 0. The largest absolute Gasteiger partial charge is 0.381 e. The molecule has 0 saturated carbocycles. The molecule has 2 aromatic rings. The summed E-state index contributed by atoms with van der Waals surface area (Å²) in [6.45, 7) is 5.13. The van der Waals surface area contributed by atoms with Crippen molar-refractivity contribution in [2.75, 3.05) is 5.32 Å². The van der Waals surface area contributed by atoms with Gasteiger partial charge in [0.15, 0.2) is 0 Å². The molecular formula is C15H18ClN. The molecule has 2 rings (SSSR count). The van der Waals surface area contributed by atoms with Crippen LogP contribution in [0.25, 0.3) is 0 Å². The SMILES string of the molecule is Cc1cc(C)cc(NCc2ccccc2)c1.Cl. The molecule has 2 heteroatoms. The van der Waals surface area contributed by atoms with Gasteiger partial charge in [0.05, 0.1) is 0 Å². The van der Waals surface area contributed by atoms with E-state index in [2.05, 4.69) is 61.6 Å². The molecule has 1 nitrogen and oxygen atoms in total. The Kier molecular flexibility index (Phi) is 5.05. The van der Waals surface area contributed by atoms with Crippen molar-refractivity contribution >= 4 is 18.1 Å². The highest BCUT2D eigenvalue weighted by Crippen LogP contribution is 2.14. The van der Waals surface area contributed by atoms with Gasteiger partial charge in [0.2, 0.25) is 0 Å². The molecule has 0 spiro atoms. The first-order valence-electron chi connectivity index (χ1n) is 5.60. The quantitative estimate of drug-likeness (QED) is 0.851. The van der Waals surface area contributed by atoms with E-state index < -0.39 is 0 Å². The number of nitrogens with one attached hydrogen (secondary N) is 1. The van der Waals surface area contributed by atoms with Gasteiger partial charge in [0.25, 0.3) is 0 Å². The monoisotopic (exact) mass is 247 g/mol. The van der Waals surface area contributed by atoms with Crippen molar-refractivity contribution in [1.82, 2.24) is 0 Å². The van der Waals surface area contributed by atoms with Crippen LogP contribution in [0.4, 0.5) is 5.69 Å². The zero-order valence-corrected chi connectivity index (χ0v) is 11.1. The van der Waals surface area contributed by atoms with Gasteiger partial charge in [-0.2, -0.15) is 0 Å². The molecule has 2 aromatic carbocycles. The molecule has 0 saturated heterocycles. The van der Waals surface area contributed by atoms with Crippen LogP contribution in [0.5, 0.6) is 0 Å². The number of hydrogen-bond donors (Lipinski definition) is 1. The number of anilines is 1. The normalized spacial score (nSPS) is 9.53. The average Bonchev–Trinajstić information content (AvgIpc) is 2.27. The Balaban J connectivity index is 0.00000144. The second kappa shape index (κ2) is 6.31. The van der Waals surface area contributed by atoms with Crippen LogP contribution in [0.1, 0.15) is 16.7 Å².